The third kappa shape index (κ3) is 5.47. The minimum Gasteiger partial charge on any atom is -0.480 e. The number of sulfonamides is 1. The molecule has 2 amide bonds. The maximum Gasteiger partial charge on any atom is 0.408 e. The molecule has 1 saturated heterocycles. The summed E-state index contributed by atoms with van der Waals surface area (Å²) in [6, 6.07) is 2.66. The minimum absolute atomic E-state index is 0.268. The Bertz CT molecular complexity index is 1010. The highest BCUT2D eigenvalue weighted by Gasteiger charge is 2.52. The summed E-state index contributed by atoms with van der Waals surface area (Å²) >= 11 is 0. The van der Waals surface area contributed by atoms with Crippen molar-refractivity contribution in [3.05, 3.63) is 34.4 Å². The van der Waals surface area contributed by atoms with Crippen molar-refractivity contribution in [1.82, 2.24) is 14.5 Å². The van der Waals surface area contributed by atoms with Gasteiger partial charge in [0.2, 0.25) is 15.9 Å². The Morgan fingerprint density at radius 3 is 2.47 bits per heavy atom. The predicted molar refractivity (Wildman–Crippen MR) is 105 cm³/mol. The molecule has 1 heterocycles. The molecule has 0 saturated carbocycles. The molecule has 13 nitrogen and oxygen atoms in total. The molecule has 2 rings (SSSR count). The van der Waals surface area contributed by atoms with Crippen molar-refractivity contribution < 1.29 is 42.3 Å². The zero-order valence-electron chi connectivity index (χ0n) is 16.8. The molecule has 0 aromatic heterocycles. The van der Waals surface area contributed by atoms with Gasteiger partial charge in [-0.15, -0.1) is 0 Å². The summed E-state index contributed by atoms with van der Waals surface area (Å²) in [5.41, 5.74) is -3.35. The van der Waals surface area contributed by atoms with E-state index in [9.17, 15) is 43.1 Å². The van der Waals surface area contributed by atoms with Crippen LogP contribution in [-0.2, 0) is 19.6 Å². The average molecular weight is 476 g/mol. The molecule has 2 atom stereocenters. The topological polar surface area (TPSA) is 187 Å². The lowest BCUT2D eigenvalue weighted by Crippen LogP contribution is -2.47. The van der Waals surface area contributed by atoms with E-state index >= 15 is 4.39 Å². The monoisotopic (exact) mass is 476 g/mol. The van der Waals surface area contributed by atoms with Crippen LogP contribution in [0.1, 0.15) is 13.3 Å². The number of nitro groups is 1. The number of amides is 2. The van der Waals surface area contributed by atoms with Crippen molar-refractivity contribution in [3.63, 3.8) is 0 Å². The molecule has 1 aromatic rings. The van der Waals surface area contributed by atoms with Gasteiger partial charge in [0.15, 0.2) is 4.90 Å². The van der Waals surface area contributed by atoms with Crippen LogP contribution in [0, 0.1) is 10.1 Å². The van der Waals surface area contributed by atoms with Gasteiger partial charge in [0.05, 0.1) is 18.0 Å². The van der Waals surface area contributed by atoms with Gasteiger partial charge in [-0.2, -0.15) is 4.31 Å². The number of rotatable bonds is 9. The number of likely N-dealkylation sites (tertiary alicyclic amines) is 1. The SMILES string of the molecule is CC(=O)NCCN(C[C@@]1(F)C[C@@H](C(=O)O)N(C(=O)O)C1)S(=O)(=O)c1ccccc1[N+](=O)[O-]. The quantitative estimate of drug-likeness (QED) is 0.332. The number of carbonyl (C=O) groups excluding carboxylic acids is 1. The number of benzene rings is 1. The molecule has 3 N–H and O–H groups in total. The Balaban J connectivity index is 2.44. The van der Waals surface area contributed by atoms with E-state index in [2.05, 4.69) is 5.32 Å². The number of hydrogen-bond donors (Lipinski definition) is 3. The fourth-order valence-electron chi connectivity index (χ4n) is 3.39. The number of carboxylic acid groups (broad SMARTS) is 2. The van der Waals surface area contributed by atoms with Crippen LogP contribution in [0.4, 0.5) is 14.9 Å². The zero-order valence-corrected chi connectivity index (χ0v) is 17.6. The second kappa shape index (κ2) is 9.44. The number of halogens is 1. The smallest absolute Gasteiger partial charge is 0.408 e. The van der Waals surface area contributed by atoms with E-state index in [1.807, 2.05) is 0 Å². The number of carbonyl (C=O) groups is 3. The minimum atomic E-state index is -4.69. The number of nitro benzene ring substituents is 1. The number of carboxylic acids is 1. The van der Waals surface area contributed by atoms with Crippen LogP contribution in [0.3, 0.4) is 0 Å². The highest BCUT2D eigenvalue weighted by molar-refractivity contribution is 7.89. The molecule has 0 radical (unpaired) electrons. The highest BCUT2D eigenvalue weighted by atomic mass is 32.2. The molecule has 1 aromatic carbocycles. The Labute approximate surface area is 181 Å². The Hall–Kier alpha value is -3.33. The van der Waals surface area contributed by atoms with E-state index in [4.69, 9.17) is 0 Å². The van der Waals surface area contributed by atoms with E-state index in [1.54, 1.807) is 0 Å². The fourth-order valence-corrected chi connectivity index (χ4v) is 5.06. The molecular weight excluding hydrogens is 455 g/mol. The lowest BCUT2D eigenvalue weighted by Gasteiger charge is -2.28. The Morgan fingerprint density at radius 2 is 1.97 bits per heavy atom. The summed E-state index contributed by atoms with van der Waals surface area (Å²) in [6.45, 7) is -1.49. The van der Waals surface area contributed by atoms with Crippen LogP contribution in [0.5, 0.6) is 0 Å². The first-order valence-electron chi connectivity index (χ1n) is 9.18. The van der Waals surface area contributed by atoms with Crippen molar-refractivity contribution in [2.45, 2.75) is 30.0 Å². The van der Waals surface area contributed by atoms with Crippen molar-refractivity contribution in [2.24, 2.45) is 0 Å². The number of hydrogen-bond acceptors (Lipinski definition) is 7. The molecule has 32 heavy (non-hydrogen) atoms. The lowest BCUT2D eigenvalue weighted by atomic mass is 10.0. The fraction of sp³-hybridized carbons (Fsp3) is 0.471. The number of para-hydroxylation sites is 1. The summed E-state index contributed by atoms with van der Waals surface area (Å²) in [4.78, 5) is 43.8. The number of alkyl halides is 1. The Kier molecular flexibility index (Phi) is 7.35. The molecule has 176 valence electrons. The van der Waals surface area contributed by atoms with Gasteiger partial charge in [-0.1, -0.05) is 12.1 Å². The summed E-state index contributed by atoms with van der Waals surface area (Å²) < 4.78 is 42.5. The summed E-state index contributed by atoms with van der Waals surface area (Å²) in [5.74, 6) is -2.11. The maximum atomic E-state index is 15.6. The largest absolute Gasteiger partial charge is 0.480 e. The molecule has 1 aliphatic rings. The van der Waals surface area contributed by atoms with Crippen LogP contribution in [0.25, 0.3) is 0 Å². The third-order valence-electron chi connectivity index (χ3n) is 4.79. The number of nitrogens with one attached hydrogen (secondary N) is 1. The summed E-state index contributed by atoms with van der Waals surface area (Å²) in [5, 5.41) is 32.0. The van der Waals surface area contributed by atoms with Gasteiger partial charge in [0.25, 0.3) is 5.69 Å². The van der Waals surface area contributed by atoms with Gasteiger partial charge in [0.1, 0.15) is 11.7 Å². The lowest BCUT2D eigenvalue weighted by molar-refractivity contribution is -0.387. The molecular formula is C17H21FN4O9S. The van der Waals surface area contributed by atoms with E-state index in [-0.39, 0.29) is 6.54 Å². The van der Waals surface area contributed by atoms with Gasteiger partial charge in [-0.3, -0.25) is 19.8 Å². The second-order valence-electron chi connectivity index (χ2n) is 7.17. The van der Waals surface area contributed by atoms with Gasteiger partial charge in [-0.05, 0) is 6.07 Å². The van der Waals surface area contributed by atoms with Crippen LogP contribution >= 0.6 is 0 Å². The Morgan fingerprint density at radius 1 is 1.34 bits per heavy atom. The molecule has 1 aliphatic heterocycles. The van der Waals surface area contributed by atoms with Crippen LogP contribution in [-0.4, -0.2) is 88.6 Å². The van der Waals surface area contributed by atoms with Gasteiger partial charge in [-0.25, -0.2) is 22.4 Å². The van der Waals surface area contributed by atoms with Crippen molar-refractivity contribution >= 4 is 33.7 Å². The normalized spacial score (nSPS) is 20.8. The molecule has 0 unspecified atom stereocenters. The van der Waals surface area contributed by atoms with Crippen molar-refractivity contribution in [1.29, 1.82) is 0 Å². The standard InChI is InChI=1S/C17H21FN4O9S/c1-11(23)19-6-7-20(32(30,31)14-5-3-2-4-12(14)22(28)29)9-17(18)8-13(15(24)25)21(10-17)16(26)27/h2-5,13H,6-10H2,1H3,(H,19,23)(H,24,25)(H,26,27)/t13-,17-/m0/s1. The highest BCUT2D eigenvalue weighted by Crippen LogP contribution is 2.34. The maximum absolute atomic E-state index is 15.6. The van der Waals surface area contributed by atoms with E-state index in [0.717, 1.165) is 19.1 Å². The van der Waals surface area contributed by atoms with Gasteiger partial charge >= 0.3 is 12.1 Å². The molecule has 0 bridgehead atoms. The molecule has 0 aliphatic carbocycles. The van der Waals surface area contributed by atoms with Gasteiger partial charge in [0, 0.05) is 32.5 Å². The first kappa shape index (κ1) is 24.9. The molecule has 1 fully saturated rings. The predicted octanol–water partition coefficient (Wildman–Crippen LogP) is 0.267. The van der Waals surface area contributed by atoms with E-state index in [1.165, 1.54) is 12.1 Å². The zero-order chi connectivity index (χ0) is 24.3. The van der Waals surface area contributed by atoms with Crippen LogP contribution < -0.4 is 5.32 Å². The van der Waals surface area contributed by atoms with Crippen LogP contribution in [0.2, 0.25) is 0 Å². The first-order valence-corrected chi connectivity index (χ1v) is 10.6. The number of aliphatic carboxylic acids is 1. The first-order chi connectivity index (χ1) is 14.8. The third-order valence-corrected chi connectivity index (χ3v) is 6.69. The summed E-state index contributed by atoms with van der Waals surface area (Å²) in [7, 11) is -4.69. The molecule has 15 heteroatoms. The van der Waals surface area contributed by atoms with E-state index < -0.39 is 81.3 Å². The van der Waals surface area contributed by atoms with E-state index in [0.29, 0.717) is 9.21 Å². The van der Waals surface area contributed by atoms with Crippen molar-refractivity contribution in [3.8, 4) is 0 Å². The second-order valence-corrected chi connectivity index (χ2v) is 9.07. The number of nitrogens with zero attached hydrogens (tertiary/aromatic N) is 3. The van der Waals surface area contributed by atoms with Crippen molar-refractivity contribution in [2.75, 3.05) is 26.2 Å². The summed E-state index contributed by atoms with van der Waals surface area (Å²) in [6.07, 6.45) is -2.51. The molecule has 0 spiro atoms. The van der Waals surface area contributed by atoms with Crippen LogP contribution in [0.15, 0.2) is 29.2 Å². The van der Waals surface area contributed by atoms with Gasteiger partial charge < -0.3 is 15.5 Å². The average Bonchev–Trinajstić information content (AvgIpc) is 3.05.